The maximum absolute atomic E-state index is 3.22. The molecule has 0 unspecified atom stereocenters. The third kappa shape index (κ3) is 0.827. The van der Waals surface area contributed by atoms with E-state index in [9.17, 15) is 0 Å². The largest absolute Gasteiger partial charge is 0.127 e. The topological polar surface area (TPSA) is 0 Å². The molecule has 0 fully saturated rings. The molecule has 0 aliphatic heterocycles. The lowest BCUT2D eigenvalue weighted by Crippen LogP contribution is -1.78. The maximum atomic E-state index is 3.22. The molecule has 0 radical (unpaired) electrons. The highest BCUT2D eigenvalue weighted by atomic mass is 14.2. The van der Waals surface area contributed by atoms with E-state index >= 15 is 0 Å². The quantitative estimate of drug-likeness (QED) is 0.450. The smallest absolute Gasteiger partial charge is 0.0704 e. The third-order valence-corrected chi connectivity index (χ3v) is 2.11. The van der Waals surface area contributed by atoms with Crippen LogP contribution in [0.2, 0.25) is 0 Å². The molecule has 0 heteroatoms. The van der Waals surface area contributed by atoms with Gasteiger partial charge < -0.3 is 0 Å². The Labute approximate surface area is 71.2 Å². The van der Waals surface area contributed by atoms with Crippen LogP contribution in [0.4, 0.5) is 0 Å². The van der Waals surface area contributed by atoms with E-state index in [2.05, 4.69) is 36.1 Å². The minimum absolute atomic E-state index is 1.22. The highest BCUT2D eigenvalue weighted by Gasteiger charge is 2.26. The molecule has 0 saturated heterocycles. The zero-order valence-corrected chi connectivity index (χ0v) is 6.54. The van der Waals surface area contributed by atoms with Gasteiger partial charge in [-0.3, -0.25) is 0 Å². The molecule has 0 N–H and O–H groups in total. The van der Waals surface area contributed by atoms with Gasteiger partial charge >= 0.3 is 0 Å². The van der Waals surface area contributed by atoms with Crippen LogP contribution >= 0.6 is 0 Å². The van der Waals surface area contributed by atoms with Gasteiger partial charge in [0.1, 0.15) is 11.1 Å². The average Bonchev–Trinajstić information content (AvgIpc) is 2.95. The van der Waals surface area contributed by atoms with Crippen LogP contribution in [0.1, 0.15) is 5.56 Å². The van der Waals surface area contributed by atoms with E-state index in [0.29, 0.717) is 0 Å². The van der Waals surface area contributed by atoms with Crippen molar-refractivity contribution in [1.29, 1.82) is 0 Å². The summed E-state index contributed by atoms with van der Waals surface area (Å²) in [6.45, 7) is 0. The predicted molar refractivity (Wildman–Crippen MR) is 50.0 cm³/mol. The monoisotopic (exact) mass is 151 g/mol. The number of allylic oxidation sites excluding steroid dienone is 7. The summed E-state index contributed by atoms with van der Waals surface area (Å²) in [5.74, 6) is 0. The molecule has 0 amide bonds. The van der Waals surface area contributed by atoms with Gasteiger partial charge in [0.2, 0.25) is 0 Å². The first kappa shape index (κ1) is 5.93. The summed E-state index contributed by atoms with van der Waals surface area (Å²) in [4.78, 5) is 0. The zero-order valence-electron chi connectivity index (χ0n) is 6.54. The first-order valence-corrected chi connectivity index (χ1v) is 4.07. The normalized spacial score (nSPS) is 17.7. The molecule has 0 nitrogen and oxygen atoms in total. The van der Waals surface area contributed by atoms with E-state index in [-0.39, 0.29) is 0 Å². The Kier molecular flexibility index (Phi) is 0.957. The second-order valence-electron chi connectivity index (χ2n) is 3.04. The van der Waals surface area contributed by atoms with Gasteiger partial charge in [0.05, 0.1) is 17.7 Å². The Morgan fingerprint density at radius 1 is 1.17 bits per heavy atom. The Bertz CT molecular complexity index is 438. The van der Waals surface area contributed by atoms with Crippen LogP contribution in [0.3, 0.4) is 0 Å². The summed E-state index contributed by atoms with van der Waals surface area (Å²) in [7, 11) is 0. The van der Waals surface area contributed by atoms with E-state index in [1.807, 2.05) is 12.2 Å². The van der Waals surface area contributed by atoms with Crippen molar-refractivity contribution in [2.75, 3.05) is 0 Å². The molecule has 0 atom stereocenters. The van der Waals surface area contributed by atoms with Crippen molar-refractivity contribution in [1.82, 2.24) is 0 Å². The lowest BCUT2D eigenvalue weighted by atomic mass is 10.0. The van der Waals surface area contributed by atoms with E-state index in [0.717, 1.165) is 0 Å². The Morgan fingerprint density at radius 2 is 2.00 bits per heavy atom. The van der Waals surface area contributed by atoms with Crippen molar-refractivity contribution in [2.24, 2.45) is 0 Å². The Morgan fingerprint density at radius 3 is 2.50 bits per heavy atom. The van der Waals surface area contributed by atoms with Crippen LogP contribution < -0.4 is 0 Å². The second kappa shape index (κ2) is 1.94. The van der Waals surface area contributed by atoms with Gasteiger partial charge in [-0.25, -0.2) is 0 Å². The van der Waals surface area contributed by atoms with Crippen LogP contribution in [0.5, 0.6) is 0 Å². The van der Waals surface area contributed by atoms with Gasteiger partial charge in [-0.2, -0.15) is 0 Å². The highest BCUT2D eigenvalue weighted by Crippen LogP contribution is 2.37. The molecule has 0 spiro atoms. The van der Waals surface area contributed by atoms with Gasteiger partial charge in [-0.15, -0.1) is 0 Å². The molecule has 1 aromatic carbocycles. The van der Waals surface area contributed by atoms with Crippen LogP contribution in [0.25, 0.3) is 5.57 Å². The number of rotatable bonds is 2. The molecule has 0 saturated carbocycles. The van der Waals surface area contributed by atoms with Crippen molar-refractivity contribution >= 4 is 5.57 Å². The molecule has 0 heterocycles. The minimum atomic E-state index is 1.22. The van der Waals surface area contributed by atoms with E-state index in [1.165, 1.54) is 22.3 Å². The first-order chi connectivity index (χ1) is 5.95. The van der Waals surface area contributed by atoms with Crippen molar-refractivity contribution < 1.29 is 0 Å². The SMILES string of the molecule is C1=CC=CC=1C(=C1C=C1)[c+]1cc1. The fourth-order valence-electron chi connectivity index (χ4n) is 1.38. The van der Waals surface area contributed by atoms with E-state index < -0.39 is 0 Å². The standard InChI is InChI=1S/C12H7/c1-2-4-9(3-1)12(10-5-6-10)11-7-8-11/h1-3,5-8H/q+1. The van der Waals surface area contributed by atoms with Crippen LogP contribution in [0.15, 0.2) is 59.4 Å². The van der Waals surface area contributed by atoms with Crippen molar-refractivity contribution in [3.8, 4) is 0 Å². The zero-order chi connectivity index (χ0) is 7.97. The molecular weight excluding hydrogens is 144 g/mol. The molecule has 0 aromatic heterocycles. The molecule has 2 aliphatic rings. The van der Waals surface area contributed by atoms with Gasteiger partial charge in [-0.05, 0) is 30.4 Å². The van der Waals surface area contributed by atoms with Crippen molar-refractivity contribution in [2.45, 2.75) is 0 Å². The summed E-state index contributed by atoms with van der Waals surface area (Å²) in [5, 5.41) is 0. The molecule has 2 aliphatic carbocycles. The summed E-state index contributed by atoms with van der Waals surface area (Å²) < 4.78 is 0. The average molecular weight is 151 g/mol. The first-order valence-electron chi connectivity index (χ1n) is 4.07. The van der Waals surface area contributed by atoms with Crippen LogP contribution in [-0.2, 0) is 0 Å². The molecule has 0 bridgehead atoms. The Hall–Kier alpha value is -1.65. The maximum Gasteiger partial charge on any atom is 0.127 e. The van der Waals surface area contributed by atoms with Crippen LogP contribution in [0, 0.1) is 0 Å². The molecular formula is C12H7+. The van der Waals surface area contributed by atoms with Crippen molar-refractivity contribution in [3.63, 3.8) is 0 Å². The predicted octanol–water partition coefficient (Wildman–Crippen LogP) is 2.82. The van der Waals surface area contributed by atoms with Gasteiger partial charge in [0.15, 0.2) is 0 Å². The second-order valence-corrected chi connectivity index (χ2v) is 3.04. The van der Waals surface area contributed by atoms with E-state index in [1.54, 1.807) is 0 Å². The summed E-state index contributed by atoms with van der Waals surface area (Å²) in [6, 6.07) is 4.28. The number of hydrogen-bond acceptors (Lipinski definition) is 0. The number of hydrogen-bond donors (Lipinski definition) is 0. The summed E-state index contributed by atoms with van der Waals surface area (Å²) in [6.07, 6.45) is 10.4. The third-order valence-electron chi connectivity index (χ3n) is 2.11. The van der Waals surface area contributed by atoms with Crippen molar-refractivity contribution in [3.05, 3.63) is 65.0 Å². The lowest BCUT2D eigenvalue weighted by Gasteiger charge is -1.89. The van der Waals surface area contributed by atoms with Gasteiger partial charge in [0.25, 0.3) is 0 Å². The fourth-order valence-corrected chi connectivity index (χ4v) is 1.38. The van der Waals surface area contributed by atoms with Gasteiger partial charge in [-0.1, -0.05) is 5.73 Å². The molecule has 3 rings (SSSR count). The lowest BCUT2D eigenvalue weighted by molar-refractivity contribution is 1.74. The summed E-state index contributed by atoms with van der Waals surface area (Å²) in [5.41, 5.74) is 8.50. The fraction of sp³-hybridized carbons (Fsp3) is 0. The molecule has 54 valence electrons. The van der Waals surface area contributed by atoms with Gasteiger partial charge in [0, 0.05) is 5.57 Å². The molecule has 12 heavy (non-hydrogen) atoms. The highest BCUT2D eigenvalue weighted by molar-refractivity contribution is 5.92. The van der Waals surface area contributed by atoms with Crippen LogP contribution in [-0.4, -0.2) is 0 Å². The van der Waals surface area contributed by atoms with E-state index in [4.69, 9.17) is 0 Å². The summed E-state index contributed by atoms with van der Waals surface area (Å²) >= 11 is 0. The molecule has 1 aromatic rings. The minimum Gasteiger partial charge on any atom is -0.0704 e. The Balaban J connectivity index is 2.10.